The minimum Gasteiger partial charge on any atom is -0.457 e. The first kappa shape index (κ1) is 41.0. The minimum absolute atomic E-state index is 0.191. The van der Waals surface area contributed by atoms with Crippen molar-refractivity contribution in [2.45, 2.75) is 161 Å². The number of hydrogen-bond donors (Lipinski definition) is 3. The lowest BCUT2D eigenvalue weighted by Gasteiger charge is -2.20. The summed E-state index contributed by atoms with van der Waals surface area (Å²) in [5, 5.41) is 18.9. The zero-order valence-corrected chi connectivity index (χ0v) is 27.4. The SMILES string of the molecule is CCCCCCCCCCCCCCCCC(=O)OC(CO)COP(=O)(O)OCC(CO)OC(=O)CCCCCCC. The number of carbonyl (C=O) groups is 2. The van der Waals surface area contributed by atoms with Crippen LogP contribution < -0.4 is 0 Å². The standard InChI is InChI=1S/C31H61O10P/c1-3-5-7-9-10-11-12-13-14-15-16-17-19-21-23-31(35)41-29(25-33)27-39-42(36,37)38-26-28(24-32)40-30(34)22-20-18-8-6-4-2/h28-29,32-33H,3-27H2,1-2H3,(H,36,37). The normalized spacial score (nSPS) is 14.3. The Balaban J connectivity index is 3.97. The molecular formula is C31H61O10P. The van der Waals surface area contributed by atoms with Crippen molar-refractivity contribution in [2.75, 3.05) is 26.4 Å². The Kier molecular flexibility index (Phi) is 28.0. The highest BCUT2D eigenvalue weighted by atomic mass is 31.2. The molecule has 0 radical (unpaired) electrons. The van der Waals surface area contributed by atoms with Crippen LogP contribution in [0.4, 0.5) is 0 Å². The number of rotatable bonds is 31. The number of aliphatic hydroxyl groups excluding tert-OH is 2. The molecule has 0 aliphatic heterocycles. The van der Waals surface area contributed by atoms with Gasteiger partial charge in [-0.3, -0.25) is 18.6 Å². The van der Waals surface area contributed by atoms with Gasteiger partial charge in [-0.25, -0.2) is 4.57 Å². The van der Waals surface area contributed by atoms with Crippen molar-refractivity contribution in [3.8, 4) is 0 Å². The minimum atomic E-state index is -4.60. The van der Waals surface area contributed by atoms with Gasteiger partial charge in [0.1, 0.15) is 12.2 Å². The lowest BCUT2D eigenvalue weighted by atomic mass is 10.0. The summed E-state index contributed by atoms with van der Waals surface area (Å²) in [6.45, 7) is 2.08. The zero-order valence-electron chi connectivity index (χ0n) is 26.5. The molecule has 3 atom stereocenters. The van der Waals surface area contributed by atoms with Crippen molar-refractivity contribution in [1.29, 1.82) is 0 Å². The molecule has 10 nitrogen and oxygen atoms in total. The molecule has 0 fully saturated rings. The van der Waals surface area contributed by atoms with Crippen molar-refractivity contribution in [3.05, 3.63) is 0 Å². The molecule has 0 amide bonds. The van der Waals surface area contributed by atoms with Gasteiger partial charge < -0.3 is 24.6 Å². The fourth-order valence-electron chi connectivity index (χ4n) is 4.47. The summed E-state index contributed by atoms with van der Waals surface area (Å²) in [5.74, 6) is -1.03. The maximum atomic E-state index is 12.2. The molecule has 0 heterocycles. The third-order valence-electron chi connectivity index (χ3n) is 7.07. The van der Waals surface area contributed by atoms with Crippen molar-refractivity contribution >= 4 is 19.8 Å². The molecule has 3 N–H and O–H groups in total. The highest BCUT2D eigenvalue weighted by Crippen LogP contribution is 2.43. The van der Waals surface area contributed by atoms with Crippen LogP contribution in [0.5, 0.6) is 0 Å². The van der Waals surface area contributed by atoms with Gasteiger partial charge in [0.25, 0.3) is 0 Å². The molecule has 0 saturated carbocycles. The molecule has 0 aliphatic rings. The summed E-state index contributed by atoms with van der Waals surface area (Å²) in [4.78, 5) is 33.9. The molecule has 0 aliphatic carbocycles. The number of ether oxygens (including phenoxy) is 2. The summed E-state index contributed by atoms with van der Waals surface area (Å²) in [5.41, 5.74) is 0. The highest BCUT2D eigenvalue weighted by Gasteiger charge is 2.27. The third kappa shape index (κ3) is 26.6. The second-order valence-electron chi connectivity index (χ2n) is 11.2. The smallest absolute Gasteiger partial charge is 0.457 e. The van der Waals surface area contributed by atoms with Crippen LogP contribution in [0.3, 0.4) is 0 Å². The predicted molar refractivity (Wildman–Crippen MR) is 164 cm³/mol. The topological polar surface area (TPSA) is 149 Å². The average molecular weight is 625 g/mol. The summed E-state index contributed by atoms with van der Waals surface area (Å²) in [7, 11) is -4.60. The Morgan fingerprint density at radius 2 is 0.833 bits per heavy atom. The van der Waals surface area contributed by atoms with Gasteiger partial charge in [0.15, 0.2) is 0 Å². The van der Waals surface area contributed by atoms with Crippen LogP contribution in [0.25, 0.3) is 0 Å². The summed E-state index contributed by atoms with van der Waals surface area (Å²) in [6, 6.07) is 0. The fraction of sp³-hybridized carbons (Fsp3) is 0.935. The van der Waals surface area contributed by atoms with Crippen molar-refractivity contribution in [1.82, 2.24) is 0 Å². The molecular weight excluding hydrogens is 563 g/mol. The van der Waals surface area contributed by atoms with E-state index >= 15 is 0 Å². The maximum Gasteiger partial charge on any atom is 0.472 e. The van der Waals surface area contributed by atoms with Gasteiger partial charge >= 0.3 is 19.8 Å². The van der Waals surface area contributed by atoms with Gasteiger partial charge in [0.05, 0.1) is 26.4 Å². The van der Waals surface area contributed by atoms with Crippen LogP contribution in [-0.2, 0) is 32.7 Å². The summed E-state index contributed by atoms with van der Waals surface area (Å²) >= 11 is 0. The van der Waals surface area contributed by atoms with E-state index in [-0.39, 0.29) is 12.8 Å². The molecule has 11 heteroatoms. The average Bonchev–Trinajstić information content (AvgIpc) is 2.97. The molecule has 0 saturated heterocycles. The zero-order chi connectivity index (χ0) is 31.3. The van der Waals surface area contributed by atoms with Gasteiger partial charge in [-0.1, -0.05) is 123 Å². The number of phosphoric acid groups is 1. The molecule has 0 aromatic carbocycles. The van der Waals surface area contributed by atoms with E-state index in [2.05, 4.69) is 13.8 Å². The first-order valence-corrected chi connectivity index (χ1v) is 18.0. The Morgan fingerprint density at radius 3 is 1.12 bits per heavy atom. The summed E-state index contributed by atoms with van der Waals surface area (Å²) < 4.78 is 32.1. The second kappa shape index (κ2) is 28.7. The monoisotopic (exact) mass is 624 g/mol. The van der Waals surface area contributed by atoms with E-state index in [1.165, 1.54) is 64.2 Å². The van der Waals surface area contributed by atoms with E-state index in [1.54, 1.807) is 0 Å². The van der Waals surface area contributed by atoms with Gasteiger partial charge in [-0.05, 0) is 12.8 Å². The number of aliphatic hydroxyl groups is 2. The van der Waals surface area contributed by atoms with E-state index < -0.39 is 58.4 Å². The first-order valence-electron chi connectivity index (χ1n) is 16.5. The van der Waals surface area contributed by atoms with Crippen LogP contribution in [0.1, 0.15) is 149 Å². The quantitative estimate of drug-likeness (QED) is 0.0412. The lowest BCUT2D eigenvalue weighted by molar-refractivity contribution is -0.153. The number of phosphoric ester groups is 1. The van der Waals surface area contributed by atoms with Crippen molar-refractivity contribution < 1.29 is 47.8 Å². The number of esters is 2. The molecule has 0 bridgehead atoms. The second-order valence-corrected chi connectivity index (χ2v) is 12.6. The molecule has 0 aromatic rings. The van der Waals surface area contributed by atoms with Gasteiger partial charge in [0.2, 0.25) is 0 Å². The first-order chi connectivity index (χ1) is 20.3. The Labute approximate surface area is 254 Å². The highest BCUT2D eigenvalue weighted by molar-refractivity contribution is 7.47. The van der Waals surface area contributed by atoms with E-state index in [0.29, 0.717) is 12.8 Å². The Hall–Kier alpha value is -1.03. The van der Waals surface area contributed by atoms with Gasteiger partial charge in [-0.15, -0.1) is 0 Å². The molecule has 3 unspecified atom stereocenters. The number of carbonyl (C=O) groups excluding carboxylic acids is 2. The van der Waals surface area contributed by atoms with Crippen molar-refractivity contribution in [3.63, 3.8) is 0 Å². The Morgan fingerprint density at radius 1 is 0.548 bits per heavy atom. The predicted octanol–water partition coefficient (Wildman–Crippen LogP) is 7.16. The van der Waals surface area contributed by atoms with Gasteiger partial charge in [-0.2, -0.15) is 0 Å². The van der Waals surface area contributed by atoms with Crippen LogP contribution in [-0.4, -0.2) is 65.7 Å². The number of hydrogen-bond acceptors (Lipinski definition) is 9. The third-order valence-corrected chi connectivity index (χ3v) is 8.02. The van der Waals surface area contributed by atoms with E-state index in [4.69, 9.17) is 18.5 Å². The summed E-state index contributed by atoms with van der Waals surface area (Å²) in [6.07, 6.45) is 19.9. The molecule has 250 valence electrons. The van der Waals surface area contributed by atoms with E-state index in [1.807, 2.05) is 0 Å². The van der Waals surface area contributed by atoms with Crippen LogP contribution in [0.2, 0.25) is 0 Å². The van der Waals surface area contributed by atoms with Gasteiger partial charge in [0, 0.05) is 12.8 Å². The van der Waals surface area contributed by atoms with Crippen LogP contribution in [0, 0.1) is 0 Å². The molecule has 42 heavy (non-hydrogen) atoms. The molecule has 0 rings (SSSR count). The maximum absolute atomic E-state index is 12.2. The lowest BCUT2D eigenvalue weighted by Crippen LogP contribution is -2.28. The van der Waals surface area contributed by atoms with E-state index in [0.717, 1.165) is 44.9 Å². The Bertz CT molecular complexity index is 691. The molecule has 0 aromatic heterocycles. The largest absolute Gasteiger partial charge is 0.472 e. The van der Waals surface area contributed by atoms with Crippen LogP contribution >= 0.6 is 7.82 Å². The van der Waals surface area contributed by atoms with Crippen molar-refractivity contribution in [2.24, 2.45) is 0 Å². The number of unbranched alkanes of at least 4 members (excludes halogenated alkanes) is 17. The molecule has 0 spiro atoms. The van der Waals surface area contributed by atoms with Crippen LogP contribution in [0.15, 0.2) is 0 Å². The fourth-order valence-corrected chi connectivity index (χ4v) is 5.25. The van der Waals surface area contributed by atoms with E-state index in [9.17, 15) is 29.3 Å².